The number of esters is 1. The molecular formula is C18H24N2O3. The van der Waals surface area contributed by atoms with Gasteiger partial charge in [0, 0.05) is 36.9 Å². The summed E-state index contributed by atoms with van der Waals surface area (Å²) in [7, 11) is 1.37. The minimum absolute atomic E-state index is 0.0144. The molecule has 2 heterocycles. The Hall–Kier alpha value is -2.04. The van der Waals surface area contributed by atoms with E-state index < -0.39 is 0 Å². The number of nitrogens with zero attached hydrogens (tertiary/aromatic N) is 2. The lowest BCUT2D eigenvalue weighted by Gasteiger charge is -2.35. The van der Waals surface area contributed by atoms with Gasteiger partial charge in [0.15, 0.2) is 0 Å². The Kier molecular flexibility index (Phi) is 4.55. The molecule has 0 aliphatic carbocycles. The van der Waals surface area contributed by atoms with Gasteiger partial charge < -0.3 is 14.5 Å². The zero-order chi connectivity index (χ0) is 16.4. The second-order valence-electron chi connectivity index (χ2n) is 6.48. The van der Waals surface area contributed by atoms with Crippen molar-refractivity contribution in [3.05, 3.63) is 24.3 Å². The van der Waals surface area contributed by atoms with E-state index in [2.05, 4.69) is 24.0 Å². The highest BCUT2D eigenvalue weighted by molar-refractivity contribution is 5.99. The Labute approximate surface area is 137 Å². The van der Waals surface area contributed by atoms with Crippen molar-refractivity contribution >= 4 is 23.3 Å². The van der Waals surface area contributed by atoms with Crippen molar-refractivity contribution in [3.63, 3.8) is 0 Å². The summed E-state index contributed by atoms with van der Waals surface area (Å²) in [6, 6.07) is 8.68. The molecule has 3 rings (SSSR count). The summed E-state index contributed by atoms with van der Waals surface area (Å²) in [6.07, 6.45) is 4.00. The van der Waals surface area contributed by atoms with E-state index in [9.17, 15) is 9.59 Å². The van der Waals surface area contributed by atoms with Gasteiger partial charge in [0.25, 0.3) is 0 Å². The molecule has 0 saturated carbocycles. The minimum Gasteiger partial charge on any atom is -0.469 e. The van der Waals surface area contributed by atoms with E-state index in [0.29, 0.717) is 12.6 Å². The summed E-state index contributed by atoms with van der Waals surface area (Å²) >= 11 is 0. The molecule has 2 saturated heterocycles. The van der Waals surface area contributed by atoms with Gasteiger partial charge in [-0.05, 0) is 50.5 Å². The summed E-state index contributed by atoms with van der Waals surface area (Å²) < 4.78 is 4.75. The zero-order valence-corrected chi connectivity index (χ0v) is 13.8. The van der Waals surface area contributed by atoms with E-state index in [0.717, 1.165) is 12.2 Å². The average Bonchev–Trinajstić information content (AvgIpc) is 2.97. The molecule has 0 radical (unpaired) electrons. The van der Waals surface area contributed by atoms with Crippen LogP contribution in [-0.4, -0.2) is 38.1 Å². The lowest BCUT2D eigenvalue weighted by molar-refractivity contribution is -0.145. The number of rotatable bonds is 3. The third-order valence-electron chi connectivity index (χ3n) is 4.96. The molecule has 0 bridgehead atoms. The van der Waals surface area contributed by atoms with E-state index >= 15 is 0 Å². The van der Waals surface area contributed by atoms with Gasteiger partial charge in [-0.3, -0.25) is 9.59 Å². The Bertz CT molecular complexity index is 584. The zero-order valence-electron chi connectivity index (χ0n) is 13.8. The molecule has 2 atom stereocenters. The highest BCUT2D eigenvalue weighted by Crippen LogP contribution is 2.30. The number of hydrogen-bond acceptors (Lipinski definition) is 4. The lowest BCUT2D eigenvalue weighted by Crippen LogP contribution is -2.37. The number of ether oxygens (including phenoxy) is 1. The predicted octanol–water partition coefficient (Wildman–Crippen LogP) is 2.59. The molecule has 1 aromatic rings. The van der Waals surface area contributed by atoms with Crippen LogP contribution in [0.25, 0.3) is 0 Å². The number of amides is 1. The predicted molar refractivity (Wildman–Crippen MR) is 89.6 cm³/mol. The topological polar surface area (TPSA) is 49.9 Å². The van der Waals surface area contributed by atoms with Gasteiger partial charge in [0.2, 0.25) is 5.91 Å². The van der Waals surface area contributed by atoms with Gasteiger partial charge in [-0.25, -0.2) is 0 Å². The molecule has 0 N–H and O–H groups in total. The van der Waals surface area contributed by atoms with Gasteiger partial charge in [0.1, 0.15) is 0 Å². The van der Waals surface area contributed by atoms with E-state index in [-0.39, 0.29) is 24.2 Å². The summed E-state index contributed by atoms with van der Waals surface area (Å²) in [5.74, 6) is -0.673. The first-order valence-electron chi connectivity index (χ1n) is 8.35. The van der Waals surface area contributed by atoms with E-state index in [1.165, 1.54) is 32.1 Å². The second-order valence-corrected chi connectivity index (χ2v) is 6.48. The number of piperidine rings is 1. The van der Waals surface area contributed by atoms with Crippen molar-refractivity contribution in [2.75, 3.05) is 30.0 Å². The molecule has 1 amide bonds. The Morgan fingerprint density at radius 1 is 1.17 bits per heavy atom. The van der Waals surface area contributed by atoms with Crippen molar-refractivity contribution in [1.82, 2.24) is 0 Å². The van der Waals surface area contributed by atoms with Crippen LogP contribution in [0.3, 0.4) is 0 Å². The molecule has 2 aliphatic heterocycles. The van der Waals surface area contributed by atoms with Crippen LogP contribution < -0.4 is 9.80 Å². The van der Waals surface area contributed by atoms with Crippen molar-refractivity contribution in [2.24, 2.45) is 5.92 Å². The number of benzene rings is 1. The first kappa shape index (κ1) is 15.8. The number of carbonyl (C=O) groups excluding carboxylic acids is 2. The maximum absolute atomic E-state index is 12.2. The molecule has 5 heteroatoms. The second kappa shape index (κ2) is 6.60. The fraction of sp³-hybridized carbons (Fsp3) is 0.556. The first-order valence-corrected chi connectivity index (χ1v) is 8.35. The normalized spacial score (nSPS) is 24.9. The van der Waals surface area contributed by atoms with Gasteiger partial charge >= 0.3 is 5.97 Å². The lowest BCUT2D eigenvalue weighted by atomic mass is 10.0. The Balaban J connectivity index is 1.72. The summed E-state index contributed by atoms with van der Waals surface area (Å²) in [5, 5.41) is 0. The van der Waals surface area contributed by atoms with Crippen LogP contribution in [0.2, 0.25) is 0 Å². The van der Waals surface area contributed by atoms with Crippen LogP contribution in [0.5, 0.6) is 0 Å². The molecule has 0 aromatic heterocycles. The third-order valence-corrected chi connectivity index (χ3v) is 4.96. The molecule has 2 aliphatic rings. The number of anilines is 2. The van der Waals surface area contributed by atoms with Crippen molar-refractivity contribution in [1.29, 1.82) is 0 Å². The highest BCUT2D eigenvalue weighted by Gasteiger charge is 2.35. The van der Waals surface area contributed by atoms with Gasteiger partial charge in [0.05, 0.1) is 13.0 Å². The van der Waals surface area contributed by atoms with Crippen molar-refractivity contribution < 1.29 is 14.3 Å². The van der Waals surface area contributed by atoms with E-state index in [1.54, 1.807) is 4.90 Å². The summed E-state index contributed by atoms with van der Waals surface area (Å²) in [6.45, 7) is 3.76. The van der Waals surface area contributed by atoms with Crippen molar-refractivity contribution in [2.45, 2.75) is 38.6 Å². The average molecular weight is 316 g/mol. The minimum atomic E-state index is -0.353. The highest BCUT2D eigenvalue weighted by atomic mass is 16.5. The first-order chi connectivity index (χ1) is 11.1. The smallest absolute Gasteiger partial charge is 0.311 e. The van der Waals surface area contributed by atoms with Gasteiger partial charge in [-0.2, -0.15) is 0 Å². The van der Waals surface area contributed by atoms with Crippen LogP contribution >= 0.6 is 0 Å². The molecule has 23 heavy (non-hydrogen) atoms. The molecule has 1 aromatic carbocycles. The summed E-state index contributed by atoms with van der Waals surface area (Å²) in [4.78, 5) is 27.9. The van der Waals surface area contributed by atoms with Gasteiger partial charge in [-0.15, -0.1) is 0 Å². The summed E-state index contributed by atoms with van der Waals surface area (Å²) in [5.41, 5.74) is 2.06. The Morgan fingerprint density at radius 3 is 2.52 bits per heavy atom. The largest absolute Gasteiger partial charge is 0.469 e. The molecule has 124 valence electrons. The standard InChI is InChI=1S/C18H24N2O3/c1-13-5-3-4-10-19(13)15-6-8-16(9-7-15)20-12-14(11-17(20)21)18(22)23-2/h6-9,13-14H,3-5,10-12H2,1-2H3. The number of hydrogen-bond donors (Lipinski definition) is 0. The van der Waals surface area contributed by atoms with Crippen LogP contribution in [0.15, 0.2) is 24.3 Å². The van der Waals surface area contributed by atoms with E-state index in [4.69, 9.17) is 4.74 Å². The maximum Gasteiger partial charge on any atom is 0.311 e. The SMILES string of the molecule is COC(=O)C1CC(=O)N(c2ccc(N3CCCCC3C)cc2)C1. The van der Waals surface area contributed by atoms with Crippen LogP contribution in [0.4, 0.5) is 11.4 Å². The van der Waals surface area contributed by atoms with Crippen LogP contribution in [0, 0.1) is 5.92 Å². The van der Waals surface area contributed by atoms with Crippen LogP contribution in [-0.2, 0) is 14.3 Å². The van der Waals surface area contributed by atoms with E-state index in [1.807, 2.05) is 12.1 Å². The van der Waals surface area contributed by atoms with Crippen LogP contribution in [0.1, 0.15) is 32.6 Å². The third kappa shape index (κ3) is 3.19. The molecule has 2 unspecified atom stereocenters. The van der Waals surface area contributed by atoms with Crippen molar-refractivity contribution in [3.8, 4) is 0 Å². The monoisotopic (exact) mass is 316 g/mol. The molecule has 5 nitrogen and oxygen atoms in total. The fourth-order valence-electron chi connectivity index (χ4n) is 3.59. The number of carbonyl (C=O) groups is 2. The molecule has 2 fully saturated rings. The Morgan fingerprint density at radius 2 is 1.87 bits per heavy atom. The maximum atomic E-state index is 12.2. The molecule has 0 spiro atoms. The number of methoxy groups -OCH3 is 1. The quantitative estimate of drug-likeness (QED) is 0.804. The molecular weight excluding hydrogens is 292 g/mol. The van der Waals surface area contributed by atoms with Gasteiger partial charge in [-0.1, -0.05) is 0 Å². The fourth-order valence-corrected chi connectivity index (χ4v) is 3.59.